The topological polar surface area (TPSA) is 29.1 Å². The van der Waals surface area contributed by atoms with Crippen molar-refractivity contribution in [3.05, 3.63) is 71.0 Å². The second-order valence-corrected chi connectivity index (χ2v) is 5.16. The van der Waals surface area contributed by atoms with Crippen molar-refractivity contribution >= 4 is 5.91 Å². The van der Waals surface area contributed by atoms with Gasteiger partial charge in [-0.3, -0.25) is 4.79 Å². The van der Waals surface area contributed by atoms with E-state index in [0.717, 1.165) is 18.4 Å². The maximum Gasteiger partial charge on any atom is 0.224 e. The zero-order valence-electron chi connectivity index (χ0n) is 11.1. The lowest BCUT2D eigenvalue weighted by molar-refractivity contribution is -0.121. The number of hydrogen-bond acceptors (Lipinski definition) is 1. The van der Waals surface area contributed by atoms with Crippen LogP contribution in [0.15, 0.2) is 48.5 Å². The zero-order valence-corrected chi connectivity index (χ0v) is 11.1. The Balaban J connectivity index is 1.64. The van der Waals surface area contributed by atoms with Gasteiger partial charge in [0.25, 0.3) is 0 Å². The van der Waals surface area contributed by atoms with E-state index in [9.17, 15) is 9.18 Å². The van der Waals surface area contributed by atoms with Gasteiger partial charge in [-0.05, 0) is 41.7 Å². The smallest absolute Gasteiger partial charge is 0.224 e. The van der Waals surface area contributed by atoms with Crippen molar-refractivity contribution in [2.24, 2.45) is 0 Å². The van der Waals surface area contributed by atoms with Gasteiger partial charge in [0.2, 0.25) is 5.91 Å². The molecule has 102 valence electrons. The SMILES string of the molecule is O=C(Cc1ccc(F)cc1)NC1CCc2ccccc21. The summed E-state index contributed by atoms with van der Waals surface area (Å²) in [5.41, 5.74) is 3.37. The van der Waals surface area contributed by atoms with Gasteiger partial charge >= 0.3 is 0 Å². The number of halogens is 1. The first-order valence-corrected chi connectivity index (χ1v) is 6.84. The summed E-state index contributed by atoms with van der Waals surface area (Å²) < 4.78 is 12.8. The Morgan fingerprint density at radius 3 is 2.70 bits per heavy atom. The van der Waals surface area contributed by atoms with Crippen molar-refractivity contribution in [1.82, 2.24) is 5.32 Å². The maximum absolute atomic E-state index is 12.8. The summed E-state index contributed by atoms with van der Waals surface area (Å²) in [6, 6.07) is 14.4. The summed E-state index contributed by atoms with van der Waals surface area (Å²) in [5, 5.41) is 3.07. The molecule has 0 radical (unpaired) electrons. The number of carbonyl (C=O) groups excluding carboxylic acids is 1. The molecule has 2 aromatic rings. The zero-order chi connectivity index (χ0) is 13.9. The van der Waals surface area contributed by atoms with Crippen LogP contribution in [0.3, 0.4) is 0 Å². The van der Waals surface area contributed by atoms with Crippen molar-refractivity contribution in [1.29, 1.82) is 0 Å². The highest BCUT2D eigenvalue weighted by Gasteiger charge is 2.23. The first kappa shape index (κ1) is 12.9. The third-order valence-corrected chi connectivity index (χ3v) is 3.75. The van der Waals surface area contributed by atoms with Crippen molar-refractivity contribution in [2.45, 2.75) is 25.3 Å². The lowest BCUT2D eigenvalue weighted by Gasteiger charge is -2.14. The van der Waals surface area contributed by atoms with Crippen molar-refractivity contribution in [3.8, 4) is 0 Å². The van der Waals surface area contributed by atoms with Crippen LogP contribution in [0, 0.1) is 5.82 Å². The van der Waals surface area contributed by atoms with E-state index in [1.807, 2.05) is 12.1 Å². The predicted molar refractivity (Wildman–Crippen MR) is 75.8 cm³/mol. The Labute approximate surface area is 117 Å². The second-order valence-electron chi connectivity index (χ2n) is 5.16. The van der Waals surface area contributed by atoms with Crippen LogP contribution in [0.5, 0.6) is 0 Å². The van der Waals surface area contributed by atoms with Crippen LogP contribution in [0.4, 0.5) is 4.39 Å². The van der Waals surface area contributed by atoms with Crippen LogP contribution in [0.1, 0.15) is 29.2 Å². The number of nitrogens with one attached hydrogen (secondary N) is 1. The monoisotopic (exact) mass is 269 g/mol. The van der Waals surface area contributed by atoms with Crippen molar-refractivity contribution in [2.75, 3.05) is 0 Å². The molecule has 20 heavy (non-hydrogen) atoms. The molecule has 0 aromatic heterocycles. The van der Waals surface area contributed by atoms with Crippen LogP contribution >= 0.6 is 0 Å². The summed E-state index contributed by atoms with van der Waals surface area (Å²) in [5.74, 6) is -0.294. The average Bonchev–Trinajstić information content (AvgIpc) is 2.85. The molecule has 0 heterocycles. The van der Waals surface area contributed by atoms with Gasteiger partial charge in [-0.15, -0.1) is 0 Å². The van der Waals surface area contributed by atoms with Gasteiger partial charge in [-0.2, -0.15) is 0 Å². The molecule has 1 aliphatic carbocycles. The molecule has 3 rings (SSSR count). The minimum absolute atomic E-state index is 0.0155. The van der Waals surface area contributed by atoms with Gasteiger partial charge < -0.3 is 5.32 Å². The molecule has 1 amide bonds. The van der Waals surface area contributed by atoms with Gasteiger partial charge in [-0.1, -0.05) is 36.4 Å². The van der Waals surface area contributed by atoms with Gasteiger partial charge in [0.1, 0.15) is 5.82 Å². The predicted octanol–water partition coefficient (Wildman–Crippen LogP) is 3.17. The Bertz CT molecular complexity index is 621. The first-order valence-electron chi connectivity index (χ1n) is 6.84. The molecule has 0 fully saturated rings. The Morgan fingerprint density at radius 2 is 1.90 bits per heavy atom. The van der Waals surface area contributed by atoms with E-state index in [1.54, 1.807) is 12.1 Å². The summed E-state index contributed by atoms with van der Waals surface area (Å²) in [4.78, 5) is 12.1. The van der Waals surface area contributed by atoms with E-state index < -0.39 is 0 Å². The number of fused-ring (bicyclic) bond motifs is 1. The van der Waals surface area contributed by atoms with Gasteiger partial charge in [0, 0.05) is 0 Å². The molecule has 1 unspecified atom stereocenters. The molecule has 0 bridgehead atoms. The highest BCUT2D eigenvalue weighted by Crippen LogP contribution is 2.30. The highest BCUT2D eigenvalue weighted by molar-refractivity contribution is 5.79. The molecule has 1 aliphatic rings. The van der Waals surface area contributed by atoms with Crippen LogP contribution < -0.4 is 5.32 Å². The number of benzene rings is 2. The lowest BCUT2D eigenvalue weighted by atomic mass is 10.1. The molecular formula is C17H16FNO. The van der Waals surface area contributed by atoms with Crippen LogP contribution in [0.2, 0.25) is 0 Å². The van der Waals surface area contributed by atoms with E-state index in [0.29, 0.717) is 6.42 Å². The van der Waals surface area contributed by atoms with Crippen LogP contribution in [-0.2, 0) is 17.6 Å². The van der Waals surface area contributed by atoms with E-state index in [4.69, 9.17) is 0 Å². The number of aryl methyl sites for hydroxylation is 1. The van der Waals surface area contributed by atoms with Crippen LogP contribution in [0.25, 0.3) is 0 Å². The summed E-state index contributed by atoms with van der Waals surface area (Å²) in [7, 11) is 0. The maximum atomic E-state index is 12.8. The summed E-state index contributed by atoms with van der Waals surface area (Å²) in [6.45, 7) is 0. The first-order chi connectivity index (χ1) is 9.72. The molecule has 1 atom stereocenters. The molecule has 0 aliphatic heterocycles. The molecule has 2 nitrogen and oxygen atoms in total. The Hall–Kier alpha value is -2.16. The largest absolute Gasteiger partial charge is 0.349 e. The molecule has 1 N–H and O–H groups in total. The molecule has 0 spiro atoms. The quantitative estimate of drug-likeness (QED) is 0.911. The fraction of sp³-hybridized carbons (Fsp3) is 0.235. The Morgan fingerprint density at radius 1 is 1.15 bits per heavy atom. The van der Waals surface area contributed by atoms with E-state index in [1.165, 1.54) is 23.3 Å². The third-order valence-electron chi connectivity index (χ3n) is 3.75. The fourth-order valence-electron chi connectivity index (χ4n) is 2.74. The molecule has 3 heteroatoms. The summed E-state index contributed by atoms with van der Waals surface area (Å²) in [6.07, 6.45) is 2.26. The van der Waals surface area contributed by atoms with Gasteiger partial charge in [0.05, 0.1) is 12.5 Å². The minimum atomic E-state index is -0.279. The van der Waals surface area contributed by atoms with E-state index >= 15 is 0 Å². The third kappa shape index (κ3) is 2.72. The van der Waals surface area contributed by atoms with Crippen LogP contribution in [-0.4, -0.2) is 5.91 Å². The molecule has 0 saturated heterocycles. The lowest BCUT2D eigenvalue weighted by Crippen LogP contribution is -2.28. The molecular weight excluding hydrogens is 253 g/mol. The van der Waals surface area contributed by atoms with Gasteiger partial charge in [0.15, 0.2) is 0 Å². The summed E-state index contributed by atoms with van der Waals surface area (Å²) >= 11 is 0. The van der Waals surface area contributed by atoms with Gasteiger partial charge in [-0.25, -0.2) is 4.39 Å². The Kier molecular flexibility index (Phi) is 3.50. The number of hydrogen-bond donors (Lipinski definition) is 1. The normalized spacial score (nSPS) is 16.8. The molecule has 2 aromatic carbocycles. The van der Waals surface area contributed by atoms with E-state index in [-0.39, 0.29) is 17.8 Å². The highest BCUT2D eigenvalue weighted by atomic mass is 19.1. The number of amides is 1. The second kappa shape index (κ2) is 5.45. The fourth-order valence-corrected chi connectivity index (χ4v) is 2.74. The van der Waals surface area contributed by atoms with Crippen molar-refractivity contribution in [3.63, 3.8) is 0 Å². The number of carbonyl (C=O) groups is 1. The number of rotatable bonds is 3. The molecule has 0 saturated carbocycles. The average molecular weight is 269 g/mol. The van der Waals surface area contributed by atoms with Crippen molar-refractivity contribution < 1.29 is 9.18 Å². The van der Waals surface area contributed by atoms with E-state index in [2.05, 4.69) is 17.4 Å². The minimum Gasteiger partial charge on any atom is -0.349 e. The standard InChI is InChI=1S/C17H16FNO/c18-14-8-5-12(6-9-14)11-17(20)19-16-10-7-13-3-1-2-4-15(13)16/h1-6,8-9,16H,7,10-11H2,(H,19,20).